The molecular formula is C18H27Cl2N5S. The number of hydrogen-bond donors (Lipinski definition) is 0. The first-order valence-corrected chi connectivity index (χ1v) is 9.33. The quantitative estimate of drug-likeness (QED) is 0.766. The fourth-order valence-corrected chi connectivity index (χ4v) is 5.07. The van der Waals surface area contributed by atoms with Gasteiger partial charge in [0.05, 0.1) is 0 Å². The molecule has 0 bridgehead atoms. The van der Waals surface area contributed by atoms with Crippen molar-refractivity contribution in [2.24, 2.45) is 11.8 Å². The molecular weight excluding hydrogens is 389 g/mol. The first-order chi connectivity index (χ1) is 11.5. The predicted octanol–water partition coefficient (Wildman–Crippen LogP) is 3.50. The molecule has 144 valence electrons. The van der Waals surface area contributed by atoms with Gasteiger partial charge in [0.1, 0.15) is 0 Å². The minimum absolute atomic E-state index is 0. The van der Waals surface area contributed by atoms with Crippen molar-refractivity contribution in [1.29, 1.82) is 0 Å². The molecule has 2 fully saturated rings. The molecule has 0 saturated carbocycles. The summed E-state index contributed by atoms with van der Waals surface area (Å²) in [7, 11) is 6.26. The van der Waals surface area contributed by atoms with Crippen molar-refractivity contribution < 1.29 is 0 Å². The van der Waals surface area contributed by atoms with Gasteiger partial charge >= 0.3 is 0 Å². The van der Waals surface area contributed by atoms with Crippen LogP contribution < -0.4 is 9.80 Å². The van der Waals surface area contributed by atoms with E-state index < -0.39 is 0 Å². The molecule has 3 atom stereocenters. The van der Waals surface area contributed by atoms with Crippen molar-refractivity contribution in [2.75, 3.05) is 50.6 Å². The van der Waals surface area contributed by atoms with E-state index >= 15 is 0 Å². The average molecular weight is 416 g/mol. The molecule has 2 aliphatic heterocycles. The summed E-state index contributed by atoms with van der Waals surface area (Å²) in [5.41, 5.74) is 2.89. The standard InChI is InChI=1S/C18H25N5S.2ClH/c1-12-7-5-6-8-14(12)16-15-11-23(10-13(15)9-22(16)4)18-19-17(20-24-18)21(2)3;;/h5-8,13,15-16H,9-11H2,1-4H3;2*1H/t13-,15+,16+;;/m0../s1. The van der Waals surface area contributed by atoms with Crippen molar-refractivity contribution in [3.8, 4) is 0 Å². The molecule has 0 amide bonds. The number of fused-ring (bicyclic) bond motifs is 1. The Labute approximate surface area is 172 Å². The fourth-order valence-electron chi connectivity index (χ4n) is 4.32. The van der Waals surface area contributed by atoms with E-state index in [9.17, 15) is 0 Å². The van der Waals surface area contributed by atoms with Crippen LogP contribution in [0.5, 0.6) is 0 Å². The van der Waals surface area contributed by atoms with Crippen LogP contribution in [0.3, 0.4) is 0 Å². The zero-order valence-corrected chi connectivity index (χ0v) is 18.1. The third-order valence-corrected chi connectivity index (χ3v) is 6.24. The van der Waals surface area contributed by atoms with Crippen molar-refractivity contribution in [2.45, 2.75) is 13.0 Å². The summed E-state index contributed by atoms with van der Waals surface area (Å²) in [6.45, 7) is 5.58. The van der Waals surface area contributed by atoms with E-state index in [2.05, 4.69) is 52.4 Å². The summed E-state index contributed by atoms with van der Waals surface area (Å²) in [5, 5.41) is 1.07. The molecule has 0 unspecified atom stereocenters. The number of aromatic nitrogens is 2. The molecule has 3 heterocycles. The van der Waals surface area contributed by atoms with Crippen LogP contribution in [-0.2, 0) is 0 Å². The number of rotatable bonds is 3. The Bertz CT molecular complexity index is 738. The average Bonchev–Trinajstić information content (AvgIpc) is 3.21. The van der Waals surface area contributed by atoms with Gasteiger partial charge in [0.25, 0.3) is 0 Å². The first kappa shape index (κ1) is 21.2. The van der Waals surface area contributed by atoms with Crippen molar-refractivity contribution in [1.82, 2.24) is 14.3 Å². The molecule has 0 aliphatic carbocycles. The summed E-state index contributed by atoms with van der Waals surface area (Å²) < 4.78 is 4.46. The highest BCUT2D eigenvalue weighted by molar-refractivity contribution is 7.09. The maximum Gasteiger partial charge on any atom is 0.238 e. The Hall–Kier alpha value is -1.08. The molecule has 4 rings (SSSR count). The highest BCUT2D eigenvalue weighted by Gasteiger charge is 2.47. The van der Waals surface area contributed by atoms with Crippen LogP contribution in [0.25, 0.3) is 0 Å². The number of halogens is 2. The van der Waals surface area contributed by atoms with E-state index in [0.717, 1.165) is 24.2 Å². The lowest BCUT2D eigenvalue weighted by molar-refractivity contribution is 0.279. The maximum absolute atomic E-state index is 4.70. The van der Waals surface area contributed by atoms with Gasteiger partial charge in [-0.1, -0.05) is 24.3 Å². The highest BCUT2D eigenvalue weighted by Crippen LogP contribution is 2.46. The SMILES string of the molecule is Cc1ccccc1[C@@H]1[C@@H]2CN(c3nc(N(C)C)ns3)C[C@@H]2CN1C.Cl.Cl. The number of benzene rings is 1. The van der Waals surface area contributed by atoms with E-state index in [1.807, 2.05) is 19.0 Å². The van der Waals surface area contributed by atoms with Crippen LogP contribution in [0.1, 0.15) is 17.2 Å². The smallest absolute Gasteiger partial charge is 0.238 e. The molecule has 0 radical (unpaired) electrons. The van der Waals surface area contributed by atoms with E-state index in [1.54, 1.807) is 0 Å². The van der Waals surface area contributed by atoms with Crippen molar-refractivity contribution in [3.63, 3.8) is 0 Å². The fraction of sp³-hybridized carbons (Fsp3) is 0.556. The van der Waals surface area contributed by atoms with Crippen LogP contribution in [0, 0.1) is 18.8 Å². The summed E-state index contributed by atoms with van der Waals surface area (Å²) in [6.07, 6.45) is 0. The van der Waals surface area contributed by atoms with Gasteiger partial charge in [-0.3, -0.25) is 4.90 Å². The second-order valence-electron chi connectivity index (χ2n) is 7.34. The molecule has 2 aromatic rings. The van der Waals surface area contributed by atoms with Crippen LogP contribution >= 0.6 is 36.3 Å². The van der Waals surface area contributed by atoms with Gasteiger partial charge in [-0.25, -0.2) is 0 Å². The van der Waals surface area contributed by atoms with Crippen LogP contribution in [0.15, 0.2) is 24.3 Å². The lowest BCUT2D eigenvalue weighted by atomic mass is 9.88. The molecule has 1 aromatic carbocycles. The summed E-state index contributed by atoms with van der Waals surface area (Å²) >= 11 is 1.52. The lowest BCUT2D eigenvalue weighted by Crippen LogP contribution is -2.29. The first-order valence-electron chi connectivity index (χ1n) is 8.56. The summed E-state index contributed by atoms with van der Waals surface area (Å²) in [4.78, 5) is 11.7. The zero-order valence-electron chi connectivity index (χ0n) is 15.6. The number of nitrogens with zero attached hydrogens (tertiary/aromatic N) is 5. The molecule has 0 N–H and O–H groups in total. The van der Waals surface area contributed by atoms with Crippen LogP contribution in [0.4, 0.5) is 11.1 Å². The van der Waals surface area contributed by atoms with Gasteiger partial charge in [-0.15, -0.1) is 24.8 Å². The van der Waals surface area contributed by atoms with E-state index in [1.165, 1.54) is 29.2 Å². The predicted molar refractivity (Wildman–Crippen MR) is 114 cm³/mol. The van der Waals surface area contributed by atoms with Gasteiger partial charge in [0.15, 0.2) is 0 Å². The number of anilines is 2. The molecule has 5 nitrogen and oxygen atoms in total. The Morgan fingerprint density at radius 1 is 1.12 bits per heavy atom. The second kappa shape index (κ2) is 8.30. The topological polar surface area (TPSA) is 35.5 Å². The zero-order chi connectivity index (χ0) is 16.8. The van der Waals surface area contributed by atoms with Crippen molar-refractivity contribution >= 4 is 47.4 Å². The lowest BCUT2D eigenvalue weighted by Gasteiger charge is -2.27. The molecule has 2 saturated heterocycles. The minimum Gasteiger partial charge on any atom is -0.346 e. The van der Waals surface area contributed by atoms with Crippen LogP contribution in [-0.4, -0.2) is 55.0 Å². The Kier molecular flexibility index (Phi) is 6.77. The van der Waals surface area contributed by atoms with Crippen molar-refractivity contribution in [3.05, 3.63) is 35.4 Å². The summed E-state index contributed by atoms with van der Waals surface area (Å²) in [5.74, 6) is 2.20. The molecule has 8 heteroatoms. The monoisotopic (exact) mass is 415 g/mol. The Balaban J connectivity index is 0.00000121. The third kappa shape index (κ3) is 3.65. The normalized spacial score (nSPS) is 24.8. The number of likely N-dealkylation sites (tertiary alicyclic amines) is 1. The second-order valence-corrected chi connectivity index (χ2v) is 8.07. The summed E-state index contributed by atoms with van der Waals surface area (Å²) in [6, 6.07) is 9.36. The van der Waals surface area contributed by atoms with Gasteiger partial charge in [0, 0.05) is 57.2 Å². The third-order valence-electron chi connectivity index (χ3n) is 5.48. The van der Waals surface area contributed by atoms with Crippen LogP contribution in [0.2, 0.25) is 0 Å². The Morgan fingerprint density at radius 2 is 1.85 bits per heavy atom. The molecule has 1 aromatic heterocycles. The van der Waals surface area contributed by atoms with Gasteiger partial charge < -0.3 is 9.80 Å². The Morgan fingerprint density at radius 3 is 2.50 bits per heavy atom. The van der Waals surface area contributed by atoms with E-state index in [-0.39, 0.29) is 24.8 Å². The maximum atomic E-state index is 4.70. The minimum atomic E-state index is 0. The van der Waals surface area contributed by atoms with E-state index in [4.69, 9.17) is 4.98 Å². The molecule has 26 heavy (non-hydrogen) atoms. The number of hydrogen-bond acceptors (Lipinski definition) is 6. The van der Waals surface area contributed by atoms with Gasteiger partial charge in [-0.2, -0.15) is 9.36 Å². The molecule has 2 aliphatic rings. The van der Waals surface area contributed by atoms with E-state index in [0.29, 0.717) is 17.9 Å². The largest absolute Gasteiger partial charge is 0.346 e. The molecule has 0 spiro atoms. The van der Waals surface area contributed by atoms with Gasteiger partial charge in [-0.05, 0) is 31.0 Å². The van der Waals surface area contributed by atoms with Gasteiger partial charge in [0.2, 0.25) is 11.1 Å². The highest BCUT2D eigenvalue weighted by atomic mass is 35.5. The number of aryl methyl sites for hydroxylation is 1.